The van der Waals surface area contributed by atoms with E-state index >= 15 is 0 Å². The number of esters is 1. The molecule has 0 saturated carbocycles. The Bertz CT molecular complexity index is 268. The molecular weight excluding hydrogens is 130 g/mol. The minimum Gasteiger partial charge on any atom is -0.436 e. The van der Waals surface area contributed by atoms with Crippen LogP contribution >= 0.6 is 0 Å². The summed E-state index contributed by atoms with van der Waals surface area (Å²) in [5.74, 6) is -0.0348. The summed E-state index contributed by atoms with van der Waals surface area (Å²) in [4.78, 5) is 13.5. The fraction of sp³-hybridized carbons (Fsp3) is 0.143. The molecule has 0 spiro atoms. The molecule has 0 aliphatic carbocycles. The lowest BCUT2D eigenvalue weighted by Gasteiger charge is -1.93. The largest absolute Gasteiger partial charge is 0.436 e. The van der Waals surface area contributed by atoms with E-state index in [0.717, 1.165) is 0 Å². The molecule has 0 amide bonds. The van der Waals surface area contributed by atoms with E-state index in [2.05, 4.69) is 9.58 Å². The molecule has 1 heterocycles. The molecule has 0 fully saturated rings. The summed E-state index contributed by atoms with van der Waals surface area (Å²) in [5, 5.41) is 0. The van der Waals surface area contributed by atoms with Gasteiger partial charge < -0.3 is 4.74 Å². The summed E-state index contributed by atoms with van der Waals surface area (Å²) in [6.45, 7) is 8.18. The second-order valence-corrected chi connectivity index (χ2v) is 1.87. The van der Waals surface area contributed by atoms with Crippen LogP contribution in [0, 0.1) is 6.57 Å². The average Bonchev–Trinajstić information content (AvgIpc) is 2.13. The van der Waals surface area contributed by atoms with Gasteiger partial charge in [0.2, 0.25) is 0 Å². The summed E-state index contributed by atoms with van der Waals surface area (Å²) >= 11 is 0. The molecule has 1 aliphatic rings. The van der Waals surface area contributed by atoms with Gasteiger partial charge in [-0.05, 0) is 12.5 Å². The summed E-state index contributed by atoms with van der Waals surface area (Å²) in [6.07, 6.45) is 2.55. The van der Waals surface area contributed by atoms with Crippen molar-refractivity contribution in [1.29, 1.82) is 0 Å². The number of cyclic esters (lactones) is 1. The van der Waals surface area contributed by atoms with Crippen molar-refractivity contribution in [1.82, 2.24) is 0 Å². The molecule has 50 valence electrons. The number of hydrogen-bond acceptors (Lipinski definition) is 2. The Morgan fingerprint density at radius 2 is 2.50 bits per heavy atom. The van der Waals surface area contributed by atoms with Crippen molar-refractivity contribution < 1.29 is 9.53 Å². The van der Waals surface area contributed by atoms with Gasteiger partial charge in [0.25, 0.3) is 0 Å². The zero-order valence-electron chi connectivity index (χ0n) is 5.42. The monoisotopic (exact) mass is 135 g/mol. The van der Waals surface area contributed by atoms with Gasteiger partial charge >= 0.3 is 5.97 Å². The van der Waals surface area contributed by atoms with Crippen LogP contribution in [0.1, 0.15) is 6.92 Å². The topological polar surface area (TPSA) is 30.7 Å². The summed E-state index contributed by atoms with van der Waals surface area (Å²) < 4.78 is 4.63. The number of carbonyl (C=O) groups excluding carboxylic acids is 1. The molecule has 0 bridgehead atoms. The van der Waals surface area contributed by atoms with Crippen molar-refractivity contribution in [3.8, 4) is 0 Å². The maximum atomic E-state index is 10.5. The number of nitrogens with zero attached hydrogens (tertiary/aromatic N) is 1. The van der Waals surface area contributed by atoms with E-state index < -0.39 is 5.97 Å². The first-order valence-corrected chi connectivity index (χ1v) is 2.71. The number of carbonyl (C=O) groups is 1. The SMILES string of the molecule is [C-]#[N+]/C=C1\OC(=O)C=C1C. The molecule has 1 rings (SSSR count). The Morgan fingerprint density at radius 3 is 2.90 bits per heavy atom. The molecule has 0 aromatic heterocycles. The van der Waals surface area contributed by atoms with E-state index in [0.29, 0.717) is 11.3 Å². The van der Waals surface area contributed by atoms with Crippen LogP contribution in [-0.2, 0) is 9.53 Å². The van der Waals surface area contributed by atoms with Gasteiger partial charge in [0.15, 0.2) is 6.20 Å². The third kappa shape index (κ3) is 1.06. The van der Waals surface area contributed by atoms with Crippen molar-refractivity contribution in [3.63, 3.8) is 0 Å². The minimum absolute atomic E-state index is 0.361. The molecule has 3 nitrogen and oxygen atoms in total. The highest BCUT2D eigenvalue weighted by molar-refractivity contribution is 5.88. The fourth-order valence-electron chi connectivity index (χ4n) is 0.653. The molecule has 3 heteroatoms. The van der Waals surface area contributed by atoms with E-state index in [4.69, 9.17) is 6.57 Å². The van der Waals surface area contributed by atoms with E-state index in [1.807, 2.05) is 0 Å². The summed E-state index contributed by atoms with van der Waals surface area (Å²) in [5.41, 5.74) is 0.709. The first-order valence-electron chi connectivity index (χ1n) is 2.71. The van der Waals surface area contributed by atoms with Gasteiger partial charge in [-0.25, -0.2) is 9.64 Å². The van der Waals surface area contributed by atoms with E-state index in [-0.39, 0.29) is 0 Å². The van der Waals surface area contributed by atoms with Crippen LogP contribution in [0.3, 0.4) is 0 Å². The van der Waals surface area contributed by atoms with E-state index in [1.54, 1.807) is 6.92 Å². The first-order chi connectivity index (χ1) is 4.74. The van der Waals surface area contributed by atoms with Crippen molar-refractivity contribution >= 4 is 5.97 Å². The molecule has 0 aromatic rings. The van der Waals surface area contributed by atoms with Gasteiger partial charge in [-0.15, -0.1) is 0 Å². The first kappa shape index (κ1) is 6.56. The third-order valence-electron chi connectivity index (χ3n) is 1.12. The number of hydrogen-bond donors (Lipinski definition) is 0. The predicted octanol–water partition coefficient (Wildman–Crippen LogP) is 1.25. The van der Waals surface area contributed by atoms with Crippen LogP contribution in [0.4, 0.5) is 0 Å². The summed E-state index contributed by atoms with van der Waals surface area (Å²) in [6, 6.07) is 0. The van der Waals surface area contributed by atoms with Crippen LogP contribution < -0.4 is 0 Å². The minimum atomic E-state index is -0.396. The van der Waals surface area contributed by atoms with Crippen molar-refractivity contribution in [3.05, 3.63) is 35.0 Å². The van der Waals surface area contributed by atoms with Gasteiger partial charge in [-0.1, -0.05) is 0 Å². The van der Waals surface area contributed by atoms with Crippen molar-refractivity contribution in [2.75, 3.05) is 0 Å². The molecule has 0 aromatic carbocycles. The molecule has 0 N–H and O–H groups in total. The second-order valence-electron chi connectivity index (χ2n) is 1.87. The summed E-state index contributed by atoms with van der Waals surface area (Å²) in [7, 11) is 0. The molecule has 0 saturated heterocycles. The normalized spacial score (nSPS) is 20.2. The van der Waals surface area contributed by atoms with Crippen molar-refractivity contribution in [2.45, 2.75) is 6.92 Å². The molecule has 0 unspecified atom stereocenters. The van der Waals surface area contributed by atoms with Crippen LogP contribution in [0.5, 0.6) is 0 Å². The maximum Gasteiger partial charge on any atom is 0.335 e. The lowest BCUT2D eigenvalue weighted by atomic mass is 10.3. The standard InChI is InChI=1S/C7H5NO2/c1-5-3-7(9)10-6(5)4-8-2/h3-4H,1H3/b6-4-. The van der Waals surface area contributed by atoms with Crippen LogP contribution in [-0.4, -0.2) is 5.97 Å². The maximum absolute atomic E-state index is 10.5. The lowest BCUT2D eigenvalue weighted by molar-refractivity contribution is -0.132. The Morgan fingerprint density at radius 1 is 1.80 bits per heavy atom. The van der Waals surface area contributed by atoms with Crippen LogP contribution in [0.15, 0.2) is 23.6 Å². The zero-order chi connectivity index (χ0) is 7.56. The smallest absolute Gasteiger partial charge is 0.335 e. The Hall–Kier alpha value is -1.56. The van der Waals surface area contributed by atoms with Gasteiger partial charge in [0.1, 0.15) is 5.76 Å². The Labute approximate surface area is 58.4 Å². The Balaban J connectivity index is 2.90. The lowest BCUT2D eigenvalue weighted by Crippen LogP contribution is -1.89. The van der Waals surface area contributed by atoms with Crippen LogP contribution in [0.25, 0.3) is 4.85 Å². The molecular formula is C7H5NO2. The number of rotatable bonds is 0. The Kier molecular flexibility index (Phi) is 1.55. The highest BCUT2D eigenvalue weighted by Crippen LogP contribution is 2.18. The predicted molar refractivity (Wildman–Crippen MR) is 34.5 cm³/mol. The van der Waals surface area contributed by atoms with Gasteiger partial charge in [0.05, 0.1) is 6.57 Å². The van der Waals surface area contributed by atoms with Gasteiger partial charge in [-0.2, -0.15) is 0 Å². The van der Waals surface area contributed by atoms with E-state index in [1.165, 1.54) is 12.3 Å². The number of ether oxygens (including phenoxy) is 1. The molecule has 10 heavy (non-hydrogen) atoms. The molecule has 0 radical (unpaired) electrons. The van der Waals surface area contributed by atoms with Crippen LogP contribution in [0.2, 0.25) is 0 Å². The average molecular weight is 135 g/mol. The van der Waals surface area contributed by atoms with Crippen molar-refractivity contribution in [2.24, 2.45) is 0 Å². The highest BCUT2D eigenvalue weighted by Gasteiger charge is 2.14. The highest BCUT2D eigenvalue weighted by atomic mass is 16.5. The zero-order valence-corrected chi connectivity index (χ0v) is 5.42. The van der Waals surface area contributed by atoms with E-state index in [9.17, 15) is 4.79 Å². The molecule has 1 aliphatic heterocycles. The fourth-order valence-corrected chi connectivity index (χ4v) is 0.653. The number of allylic oxidation sites excluding steroid dienone is 1. The quantitative estimate of drug-likeness (QED) is 0.369. The molecule has 0 atom stereocenters. The second kappa shape index (κ2) is 2.36. The third-order valence-corrected chi connectivity index (χ3v) is 1.12. The van der Waals surface area contributed by atoms with Gasteiger partial charge in [0, 0.05) is 6.08 Å². The van der Waals surface area contributed by atoms with Gasteiger partial charge in [-0.3, -0.25) is 0 Å².